The van der Waals surface area contributed by atoms with E-state index in [-0.39, 0.29) is 0 Å². The van der Waals surface area contributed by atoms with E-state index < -0.39 is 0 Å². The third kappa shape index (κ3) is 7.07. The Morgan fingerprint density at radius 3 is 1.55 bits per heavy atom. The van der Waals surface area contributed by atoms with Crippen LogP contribution in [0.4, 0.5) is 0 Å². The molecule has 75 heavy (non-hydrogen) atoms. The van der Waals surface area contributed by atoms with E-state index in [0.29, 0.717) is 17.5 Å². The van der Waals surface area contributed by atoms with Crippen LogP contribution in [-0.4, -0.2) is 24.1 Å². The van der Waals surface area contributed by atoms with Crippen LogP contribution in [0.3, 0.4) is 0 Å². The molecule has 15 rings (SSSR count). The quantitative estimate of drug-likeness (QED) is 0.152. The van der Waals surface area contributed by atoms with Gasteiger partial charge in [-0.05, 0) is 94.0 Å². The van der Waals surface area contributed by atoms with Crippen LogP contribution in [0.25, 0.3) is 144 Å². The maximum atomic E-state index is 6.42. The third-order valence-corrected chi connectivity index (χ3v) is 14.8. The molecule has 0 saturated carbocycles. The maximum absolute atomic E-state index is 6.42. The van der Waals surface area contributed by atoms with Crippen LogP contribution in [0.5, 0.6) is 0 Å². The van der Waals surface area contributed by atoms with Crippen LogP contribution in [0, 0.1) is 0 Å². The van der Waals surface area contributed by atoms with Crippen LogP contribution in [-0.2, 0) is 0 Å². The number of hydrogen-bond acceptors (Lipinski definition) is 4. The highest BCUT2D eigenvalue weighted by molar-refractivity contribution is 6.18. The molecular weight excluding hydrogens is 915 g/mol. The van der Waals surface area contributed by atoms with Crippen LogP contribution in [0.1, 0.15) is 0 Å². The van der Waals surface area contributed by atoms with Crippen molar-refractivity contribution in [2.45, 2.75) is 0 Å². The number of aromatic nitrogens is 5. The number of fused-ring (bicyclic) bond motifs is 9. The molecule has 15 aromatic rings. The summed E-state index contributed by atoms with van der Waals surface area (Å²) in [5.41, 5.74) is 17.8. The summed E-state index contributed by atoms with van der Waals surface area (Å²) in [7, 11) is 0. The summed E-state index contributed by atoms with van der Waals surface area (Å²) in [6.07, 6.45) is 0. The summed E-state index contributed by atoms with van der Waals surface area (Å²) in [5.74, 6) is 1.72. The zero-order valence-corrected chi connectivity index (χ0v) is 40.5. The largest absolute Gasteiger partial charge is 0.456 e. The summed E-state index contributed by atoms with van der Waals surface area (Å²) in [6, 6.07) is 92.3. The van der Waals surface area contributed by atoms with Gasteiger partial charge in [0.15, 0.2) is 17.5 Å². The van der Waals surface area contributed by atoms with Crippen molar-refractivity contribution in [2.24, 2.45) is 0 Å². The molecule has 0 fully saturated rings. The first-order valence-corrected chi connectivity index (χ1v) is 25.3. The van der Waals surface area contributed by atoms with Gasteiger partial charge in [0, 0.05) is 54.7 Å². The Labute approximate surface area is 431 Å². The topological polar surface area (TPSA) is 61.7 Å². The molecule has 4 heterocycles. The summed E-state index contributed by atoms with van der Waals surface area (Å²) < 4.78 is 11.3. The zero-order chi connectivity index (χ0) is 49.4. The predicted molar refractivity (Wildman–Crippen MR) is 308 cm³/mol. The van der Waals surface area contributed by atoms with Crippen LogP contribution >= 0.6 is 0 Å². The van der Waals surface area contributed by atoms with Gasteiger partial charge in [0.25, 0.3) is 0 Å². The fourth-order valence-electron chi connectivity index (χ4n) is 11.3. The number of benzene rings is 11. The molecule has 0 atom stereocenters. The van der Waals surface area contributed by atoms with E-state index in [4.69, 9.17) is 19.4 Å². The van der Waals surface area contributed by atoms with Gasteiger partial charge in [-0.1, -0.05) is 200 Å². The third-order valence-electron chi connectivity index (χ3n) is 14.8. The first-order chi connectivity index (χ1) is 37.2. The maximum Gasteiger partial charge on any atom is 0.164 e. The van der Waals surface area contributed by atoms with E-state index in [1.807, 2.05) is 18.2 Å². The van der Waals surface area contributed by atoms with E-state index in [9.17, 15) is 0 Å². The van der Waals surface area contributed by atoms with E-state index >= 15 is 0 Å². The zero-order valence-electron chi connectivity index (χ0n) is 40.5. The van der Waals surface area contributed by atoms with Gasteiger partial charge in [-0.15, -0.1) is 0 Å². The molecule has 11 aromatic carbocycles. The number of hydrogen-bond donors (Lipinski definition) is 0. The molecule has 0 N–H and O–H groups in total. The number of para-hydroxylation sites is 4. The number of rotatable bonds is 8. The highest BCUT2D eigenvalue weighted by Gasteiger charge is 2.24. The average molecular weight is 958 g/mol. The minimum Gasteiger partial charge on any atom is -0.456 e. The minimum absolute atomic E-state index is 0.560. The molecule has 6 heteroatoms. The molecule has 0 aliphatic carbocycles. The van der Waals surface area contributed by atoms with Crippen molar-refractivity contribution in [1.29, 1.82) is 0 Å². The van der Waals surface area contributed by atoms with Gasteiger partial charge in [0.05, 0.1) is 27.8 Å². The van der Waals surface area contributed by atoms with Crippen LogP contribution in [0.15, 0.2) is 265 Å². The number of furan rings is 1. The van der Waals surface area contributed by atoms with Gasteiger partial charge in [-0.25, -0.2) is 15.0 Å². The van der Waals surface area contributed by atoms with E-state index in [1.165, 1.54) is 27.5 Å². The van der Waals surface area contributed by atoms with Gasteiger partial charge in [-0.2, -0.15) is 0 Å². The second-order valence-corrected chi connectivity index (χ2v) is 19.1. The van der Waals surface area contributed by atoms with Crippen LogP contribution < -0.4 is 0 Å². The SMILES string of the molecule is c1ccc(-c2cccc(-c3ccc(-c4nc(-c5ccc6c(c5)oc5ccccc56)nc(-c5cccc6c5c5ccccc5n6-c5cccc6c7ccccc7n(-c7cccc(-c8ccccc8)c7)c56)n4)cc3)c2)cc1. The van der Waals surface area contributed by atoms with Crippen LogP contribution in [0.2, 0.25) is 0 Å². The molecule has 0 spiro atoms. The Morgan fingerprint density at radius 2 is 0.787 bits per heavy atom. The Hall–Kier alpha value is -10.2. The van der Waals surface area contributed by atoms with Gasteiger partial charge in [0.1, 0.15) is 11.2 Å². The van der Waals surface area contributed by atoms with E-state index in [1.54, 1.807) is 0 Å². The van der Waals surface area contributed by atoms with Crippen molar-refractivity contribution in [3.8, 4) is 78.9 Å². The van der Waals surface area contributed by atoms with Crippen molar-refractivity contribution >= 4 is 65.6 Å². The first kappa shape index (κ1) is 42.5. The summed E-state index contributed by atoms with van der Waals surface area (Å²) in [5, 5.41) is 6.65. The molecule has 4 aromatic heterocycles. The predicted octanol–water partition coefficient (Wildman–Crippen LogP) is 18.0. The molecule has 0 unspecified atom stereocenters. The second kappa shape index (κ2) is 17.3. The fraction of sp³-hybridized carbons (Fsp3) is 0. The van der Waals surface area contributed by atoms with Crippen molar-refractivity contribution in [3.63, 3.8) is 0 Å². The van der Waals surface area contributed by atoms with Crippen molar-refractivity contribution < 1.29 is 4.42 Å². The molecular formula is C69H43N5O. The lowest BCUT2D eigenvalue weighted by atomic mass is 9.98. The minimum atomic E-state index is 0.560. The Kier molecular flexibility index (Phi) is 9.78. The molecule has 0 bridgehead atoms. The lowest BCUT2D eigenvalue weighted by Gasteiger charge is -2.15. The highest BCUT2D eigenvalue weighted by Crippen LogP contribution is 2.43. The molecule has 6 nitrogen and oxygen atoms in total. The first-order valence-electron chi connectivity index (χ1n) is 25.3. The lowest BCUT2D eigenvalue weighted by Crippen LogP contribution is -2.01. The Morgan fingerprint density at radius 1 is 0.280 bits per heavy atom. The molecule has 0 aliphatic rings. The van der Waals surface area contributed by atoms with Crippen molar-refractivity contribution in [1.82, 2.24) is 24.1 Å². The van der Waals surface area contributed by atoms with Gasteiger partial charge in [-0.3, -0.25) is 0 Å². The normalized spacial score (nSPS) is 11.7. The molecule has 0 aliphatic heterocycles. The Bertz CT molecular complexity index is 4700. The van der Waals surface area contributed by atoms with Gasteiger partial charge < -0.3 is 13.6 Å². The Balaban J connectivity index is 0.931. The van der Waals surface area contributed by atoms with Crippen molar-refractivity contribution in [3.05, 3.63) is 261 Å². The van der Waals surface area contributed by atoms with E-state index in [0.717, 1.165) is 99.5 Å². The van der Waals surface area contributed by atoms with Crippen molar-refractivity contribution in [2.75, 3.05) is 0 Å². The average Bonchev–Trinajstić information content (AvgIpc) is 4.15. The standard InChI is InChI=1S/C69H43N5O/c1-3-17-44(18-4-1)48-21-13-22-49(41-48)46-35-37-47(38-36-46)67-70-68(51-39-40-55-54-26-9-12-34-63(54)75-64(55)43-51)72-69(71-67)58-29-16-32-61-65(58)57-27-8-11-31-60(57)74(61)62-33-15-28-56-53-25-7-10-30-59(53)73(66(56)62)52-24-14-23-50(42-52)45-19-5-2-6-20-45/h1-43H. The molecule has 0 amide bonds. The van der Waals surface area contributed by atoms with E-state index in [2.05, 4.69) is 252 Å². The summed E-state index contributed by atoms with van der Waals surface area (Å²) >= 11 is 0. The second-order valence-electron chi connectivity index (χ2n) is 19.1. The molecule has 0 saturated heterocycles. The monoisotopic (exact) mass is 957 g/mol. The fourth-order valence-corrected chi connectivity index (χ4v) is 11.3. The summed E-state index contributed by atoms with van der Waals surface area (Å²) in [4.78, 5) is 16.0. The highest BCUT2D eigenvalue weighted by atomic mass is 16.3. The van der Waals surface area contributed by atoms with Gasteiger partial charge >= 0.3 is 0 Å². The molecule has 0 radical (unpaired) electrons. The number of nitrogens with zero attached hydrogens (tertiary/aromatic N) is 5. The summed E-state index contributed by atoms with van der Waals surface area (Å²) in [6.45, 7) is 0. The smallest absolute Gasteiger partial charge is 0.164 e. The van der Waals surface area contributed by atoms with Gasteiger partial charge in [0.2, 0.25) is 0 Å². The lowest BCUT2D eigenvalue weighted by molar-refractivity contribution is 0.669. The molecule has 350 valence electrons.